The minimum absolute atomic E-state index is 0.00641. The van der Waals surface area contributed by atoms with Crippen molar-refractivity contribution < 1.29 is 9.21 Å². The van der Waals surface area contributed by atoms with Crippen molar-refractivity contribution in [2.45, 2.75) is 31.6 Å². The maximum Gasteiger partial charge on any atom is 0.330 e. The minimum Gasteiger partial charge on any atom is -0.467 e. The Bertz CT molecular complexity index is 1390. The van der Waals surface area contributed by atoms with Crippen molar-refractivity contribution in [3.8, 4) is 0 Å². The molecule has 0 aliphatic rings. The van der Waals surface area contributed by atoms with Gasteiger partial charge in [-0.2, -0.15) is 0 Å². The molecular weight excluding hydrogens is 470 g/mol. The first-order valence-corrected chi connectivity index (χ1v) is 12.0. The van der Waals surface area contributed by atoms with Crippen LogP contribution >= 0.6 is 11.8 Å². The molecule has 35 heavy (non-hydrogen) atoms. The number of rotatable bonds is 10. The van der Waals surface area contributed by atoms with Gasteiger partial charge in [0.15, 0.2) is 10.8 Å². The first-order chi connectivity index (χ1) is 17.0. The number of nitrogens with one attached hydrogen (secondary N) is 1. The summed E-state index contributed by atoms with van der Waals surface area (Å²) >= 11 is 1.19. The van der Waals surface area contributed by atoms with Crippen LogP contribution in [-0.2, 0) is 17.9 Å². The standard InChI is InChI=1S/C23H25N7O4S/c1-2-10-29(18(31)14-35-23-27-25-15-28(23)13-17-9-6-11-34-17)19-20(24)30(22(33)26-21(19)32)12-16-7-4-3-5-8-16/h3-9,11,15H,2,10,12-14,24H2,1H3,(H,26,32,33). The number of anilines is 2. The normalized spacial score (nSPS) is 11.0. The van der Waals surface area contributed by atoms with Crippen LogP contribution in [0.1, 0.15) is 24.7 Å². The molecule has 3 N–H and O–H groups in total. The Hall–Kier alpha value is -4.06. The number of thioether (sulfide) groups is 1. The lowest BCUT2D eigenvalue weighted by molar-refractivity contribution is -0.116. The lowest BCUT2D eigenvalue weighted by atomic mass is 10.2. The van der Waals surface area contributed by atoms with E-state index in [-0.39, 0.29) is 36.3 Å². The number of amides is 1. The molecule has 11 nitrogen and oxygen atoms in total. The second-order valence-electron chi connectivity index (χ2n) is 7.72. The largest absolute Gasteiger partial charge is 0.467 e. The number of benzene rings is 1. The smallest absolute Gasteiger partial charge is 0.330 e. The van der Waals surface area contributed by atoms with Crippen molar-refractivity contribution in [2.24, 2.45) is 0 Å². The van der Waals surface area contributed by atoms with Crippen LogP contribution in [0, 0.1) is 0 Å². The van der Waals surface area contributed by atoms with Crippen molar-refractivity contribution in [2.75, 3.05) is 22.9 Å². The number of carbonyl (C=O) groups excluding carboxylic acids is 1. The summed E-state index contributed by atoms with van der Waals surface area (Å²) in [6.45, 7) is 2.73. The number of hydrogen-bond acceptors (Lipinski definition) is 8. The number of aromatic amines is 1. The summed E-state index contributed by atoms with van der Waals surface area (Å²) in [5.74, 6) is 0.320. The third-order valence-corrected chi connectivity index (χ3v) is 6.19. The van der Waals surface area contributed by atoms with Crippen molar-refractivity contribution in [1.29, 1.82) is 0 Å². The van der Waals surface area contributed by atoms with Gasteiger partial charge >= 0.3 is 5.69 Å². The molecule has 1 aromatic carbocycles. The second kappa shape index (κ2) is 10.9. The maximum atomic E-state index is 13.2. The van der Waals surface area contributed by atoms with Gasteiger partial charge in [0.2, 0.25) is 5.91 Å². The molecule has 0 saturated heterocycles. The number of carbonyl (C=O) groups is 1. The van der Waals surface area contributed by atoms with Crippen molar-refractivity contribution in [3.05, 3.63) is 87.2 Å². The van der Waals surface area contributed by atoms with Crippen molar-refractivity contribution >= 4 is 29.2 Å². The van der Waals surface area contributed by atoms with E-state index >= 15 is 0 Å². The van der Waals surface area contributed by atoms with E-state index in [4.69, 9.17) is 10.2 Å². The molecule has 0 atom stereocenters. The molecule has 3 heterocycles. The molecule has 0 radical (unpaired) electrons. The fourth-order valence-electron chi connectivity index (χ4n) is 3.59. The number of furan rings is 1. The topological polar surface area (TPSA) is 145 Å². The zero-order valence-corrected chi connectivity index (χ0v) is 19.9. The highest BCUT2D eigenvalue weighted by Gasteiger charge is 2.24. The van der Waals surface area contributed by atoms with E-state index in [1.807, 2.05) is 43.3 Å². The number of nitrogens with two attached hydrogens (primary N) is 1. The van der Waals surface area contributed by atoms with Crippen LogP contribution in [0.5, 0.6) is 0 Å². The average Bonchev–Trinajstić information content (AvgIpc) is 3.52. The Morgan fingerprint density at radius 3 is 2.69 bits per heavy atom. The fourth-order valence-corrected chi connectivity index (χ4v) is 4.38. The number of nitrogen functional groups attached to an aromatic ring is 1. The molecule has 0 aliphatic heterocycles. The highest BCUT2D eigenvalue weighted by atomic mass is 32.2. The maximum absolute atomic E-state index is 13.2. The molecule has 4 aromatic rings. The van der Waals surface area contributed by atoms with Crippen LogP contribution in [0.25, 0.3) is 0 Å². The average molecular weight is 496 g/mol. The quantitative estimate of drug-likeness (QED) is 0.318. The van der Waals surface area contributed by atoms with E-state index in [0.717, 1.165) is 11.3 Å². The second-order valence-corrected chi connectivity index (χ2v) is 8.66. The molecule has 4 rings (SSSR count). The molecule has 0 saturated carbocycles. The third-order valence-electron chi connectivity index (χ3n) is 5.23. The molecule has 182 valence electrons. The Morgan fingerprint density at radius 1 is 1.17 bits per heavy atom. The molecular formula is C23H25N7O4S. The van der Waals surface area contributed by atoms with E-state index in [2.05, 4.69) is 15.2 Å². The Morgan fingerprint density at radius 2 is 1.97 bits per heavy atom. The molecule has 0 aliphatic carbocycles. The molecule has 0 spiro atoms. The Kier molecular flexibility index (Phi) is 7.51. The van der Waals surface area contributed by atoms with Gasteiger partial charge in [0.1, 0.15) is 17.9 Å². The van der Waals surface area contributed by atoms with Gasteiger partial charge in [-0.3, -0.25) is 19.1 Å². The summed E-state index contributed by atoms with van der Waals surface area (Å²) in [5, 5.41) is 8.53. The van der Waals surface area contributed by atoms with Crippen LogP contribution in [0.2, 0.25) is 0 Å². The van der Waals surface area contributed by atoms with Crippen LogP contribution in [0.3, 0.4) is 0 Å². The minimum atomic E-state index is -0.704. The monoisotopic (exact) mass is 495 g/mol. The lowest BCUT2D eigenvalue weighted by Crippen LogP contribution is -2.42. The predicted molar refractivity (Wildman–Crippen MR) is 132 cm³/mol. The third kappa shape index (κ3) is 5.54. The van der Waals surface area contributed by atoms with E-state index < -0.39 is 11.2 Å². The van der Waals surface area contributed by atoms with Crippen LogP contribution < -0.4 is 21.9 Å². The fraction of sp³-hybridized carbons (Fsp3) is 0.261. The van der Waals surface area contributed by atoms with Crippen LogP contribution in [-0.4, -0.2) is 42.5 Å². The zero-order valence-electron chi connectivity index (χ0n) is 19.1. The van der Waals surface area contributed by atoms with Gasteiger partial charge in [-0.25, -0.2) is 4.79 Å². The Labute approximate surface area is 204 Å². The van der Waals surface area contributed by atoms with Gasteiger partial charge < -0.3 is 19.6 Å². The summed E-state index contributed by atoms with van der Waals surface area (Å²) in [6, 6.07) is 12.9. The first kappa shape index (κ1) is 24.1. The van der Waals surface area contributed by atoms with Gasteiger partial charge in [-0.15, -0.1) is 10.2 Å². The highest BCUT2D eigenvalue weighted by molar-refractivity contribution is 7.99. The van der Waals surface area contributed by atoms with E-state index in [0.29, 0.717) is 18.1 Å². The van der Waals surface area contributed by atoms with Gasteiger partial charge in [0.25, 0.3) is 5.56 Å². The summed E-state index contributed by atoms with van der Waals surface area (Å²) in [4.78, 5) is 42.2. The summed E-state index contributed by atoms with van der Waals surface area (Å²) in [6.07, 6.45) is 3.72. The first-order valence-electron chi connectivity index (χ1n) is 11.0. The molecule has 0 bridgehead atoms. The van der Waals surface area contributed by atoms with E-state index in [9.17, 15) is 14.4 Å². The molecule has 0 fully saturated rings. The molecule has 0 unspecified atom stereocenters. The van der Waals surface area contributed by atoms with Crippen molar-refractivity contribution in [1.82, 2.24) is 24.3 Å². The Balaban J connectivity index is 1.57. The highest BCUT2D eigenvalue weighted by Crippen LogP contribution is 2.22. The number of H-pyrrole nitrogens is 1. The molecule has 1 amide bonds. The van der Waals surface area contributed by atoms with Gasteiger partial charge in [-0.05, 0) is 24.1 Å². The number of aromatic nitrogens is 5. The van der Waals surface area contributed by atoms with E-state index in [1.165, 1.54) is 21.2 Å². The summed E-state index contributed by atoms with van der Waals surface area (Å²) in [5.41, 5.74) is 5.75. The number of hydrogen-bond donors (Lipinski definition) is 2. The zero-order chi connectivity index (χ0) is 24.8. The molecule has 12 heteroatoms. The lowest BCUT2D eigenvalue weighted by Gasteiger charge is -2.24. The number of nitrogens with zero attached hydrogens (tertiary/aromatic N) is 5. The van der Waals surface area contributed by atoms with Crippen molar-refractivity contribution in [3.63, 3.8) is 0 Å². The van der Waals surface area contributed by atoms with Gasteiger partial charge in [0, 0.05) is 6.54 Å². The van der Waals surface area contributed by atoms with Crippen LogP contribution in [0.4, 0.5) is 11.5 Å². The summed E-state index contributed by atoms with van der Waals surface area (Å²) < 4.78 is 8.39. The summed E-state index contributed by atoms with van der Waals surface area (Å²) in [7, 11) is 0. The predicted octanol–water partition coefficient (Wildman–Crippen LogP) is 1.94. The van der Waals surface area contributed by atoms with E-state index in [1.54, 1.807) is 23.2 Å². The van der Waals surface area contributed by atoms with Gasteiger partial charge in [0.05, 0.1) is 25.1 Å². The SMILES string of the molecule is CCCN(C(=O)CSc1nncn1Cc1ccco1)c1c(N)n(Cc2ccccc2)c(=O)[nH]c1=O. The van der Waals surface area contributed by atoms with Crippen LogP contribution in [0.15, 0.2) is 74.2 Å². The molecule has 3 aromatic heterocycles. The van der Waals surface area contributed by atoms with Gasteiger partial charge in [-0.1, -0.05) is 49.0 Å².